The molecule has 0 saturated heterocycles. The fourth-order valence-electron chi connectivity index (χ4n) is 1.91. The van der Waals surface area contributed by atoms with Crippen molar-refractivity contribution in [2.75, 3.05) is 0 Å². The minimum atomic E-state index is -0.335. The Labute approximate surface area is 92.8 Å². The summed E-state index contributed by atoms with van der Waals surface area (Å²) in [5.41, 5.74) is 5.85. The third kappa shape index (κ3) is 3.49. The summed E-state index contributed by atoms with van der Waals surface area (Å²) in [6.07, 6.45) is 4.53. The Balaban J connectivity index is 2.25. The molecule has 1 amide bonds. The molecule has 1 aliphatic rings. The Morgan fingerprint density at radius 1 is 1.53 bits per heavy atom. The SMILES string of the molecule is CCCC1CC1NC(=O)C(N)C(C)CC. The van der Waals surface area contributed by atoms with Gasteiger partial charge in [0.25, 0.3) is 0 Å². The average molecular weight is 212 g/mol. The van der Waals surface area contributed by atoms with Gasteiger partial charge in [-0.2, -0.15) is 0 Å². The number of rotatable bonds is 6. The summed E-state index contributed by atoms with van der Waals surface area (Å²) in [6.45, 7) is 6.28. The molecule has 0 radical (unpaired) electrons. The van der Waals surface area contributed by atoms with Gasteiger partial charge in [-0.25, -0.2) is 0 Å². The summed E-state index contributed by atoms with van der Waals surface area (Å²) in [6, 6.07) is 0.0745. The molecule has 1 aliphatic carbocycles. The average Bonchev–Trinajstić information content (AvgIpc) is 2.94. The minimum absolute atomic E-state index is 0.0351. The number of hydrogen-bond acceptors (Lipinski definition) is 2. The first-order valence-corrected chi connectivity index (χ1v) is 6.16. The van der Waals surface area contributed by atoms with Crippen LogP contribution in [0.2, 0.25) is 0 Å². The molecule has 15 heavy (non-hydrogen) atoms. The van der Waals surface area contributed by atoms with E-state index in [1.165, 1.54) is 12.8 Å². The van der Waals surface area contributed by atoms with Crippen LogP contribution in [0.3, 0.4) is 0 Å². The van der Waals surface area contributed by atoms with Crippen molar-refractivity contribution in [3.8, 4) is 0 Å². The van der Waals surface area contributed by atoms with Gasteiger partial charge >= 0.3 is 0 Å². The van der Waals surface area contributed by atoms with Gasteiger partial charge in [0.1, 0.15) is 0 Å². The Kier molecular flexibility index (Phi) is 4.58. The Morgan fingerprint density at radius 3 is 2.73 bits per heavy atom. The van der Waals surface area contributed by atoms with Crippen LogP contribution in [-0.2, 0) is 4.79 Å². The number of amides is 1. The molecular weight excluding hydrogens is 188 g/mol. The van der Waals surface area contributed by atoms with Crippen molar-refractivity contribution in [2.24, 2.45) is 17.6 Å². The summed E-state index contributed by atoms with van der Waals surface area (Å²) in [5.74, 6) is 1.02. The molecule has 0 aromatic heterocycles. The summed E-state index contributed by atoms with van der Waals surface area (Å²) in [5, 5.41) is 3.04. The van der Waals surface area contributed by atoms with Gasteiger partial charge < -0.3 is 11.1 Å². The van der Waals surface area contributed by atoms with Crippen molar-refractivity contribution >= 4 is 5.91 Å². The molecule has 88 valence electrons. The van der Waals surface area contributed by atoms with Gasteiger partial charge in [-0.05, 0) is 24.7 Å². The number of nitrogens with one attached hydrogen (secondary N) is 1. The van der Waals surface area contributed by atoms with Crippen molar-refractivity contribution in [2.45, 2.75) is 58.5 Å². The molecule has 0 spiro atoms. The predicted octanol–water partition coefficient (Wildman–Crippen LogP) is 1.66. The topological polar surface area (TPSA) is 55.1 Å². The highest BCUT2D eigenvalue weighted by Gasteiger charge is 2.38. The molecule has 0 aromatic rings. The van der Waals surface area contributed by atoms with Gasteiger partial charge in [0.05, 0.1) is 6.04 Å². The van der Waals surface area contributed by atoms with Gasteiger partial charge in [-0.1, -0.05) is 33.6 Å². The van der Waals surface area contributed by atoms with E-state index in [0.717, 1.165) is 12.8 Å². The summed E-state index contributed by atoms with van der Waals surface area (Å²) < 4.78 is 0. The largest absolute Gasteiger partial charge is 0.352 e. The normalized spacial score (nSPS) is 28.3. The molecule has 4 unspecified atom stereocenters. The first-order valence-electron chi connectivity index (χ1n) is 6.16. The van der Waals surface area contributed by atoms with Crippen LogP contribution in [0.4, 0.5) is 0 Å². The van der Waals surface area contributed by atoms with Crippen LogP contribution in [0.15, 0.2) is 0 Å². The number of nitrogens with two attached hydrogens (primary N) is 1. The summed E-state index contributed by atoms with van der Waals surface area (Å²) in [4.78, 5) is 11.7. The van der Waals surface area contributed by atoms with E-state index < -0.39 is 0 Å². The first kappa shape index (κ1) is 12.5. The highest BCUT2D eigenvalue weighted by Crippen LogP contribution is 2.34. The van der Waals surface area contributed by atoms with E-state index in [-0.39, 0.29) is 17.9 Å². The molecule has 0 bridgehead atoms. The van der Waals surface area contributed by atoms with Crippen LogP contribution in [0, 0.1) is 11.8 Å². The van der Waals surface area contributed by atoms with Gasteiger partial charge in [-0.15, -0.1) is 0 Å². The third-order valence-electron chi connectivity index (χ3n) is 3.47. The quantitative estimate of drug-likeness (QED) is 0.703. The molecule has 3 heteroatoms. The highest BCUT2D eigenvalue weighted by molar-refractivity contribution is 5.82. The van der Waals surface area contributed by atoms with Crippen LogP contribution in [0.25, 0.3) is 0 Å². The third-order valence-corrected chi connectivity index (χ3v) is 3.47. The minimum Gasteiger partial charge on any atom is -0.352 e. The second-order valence-corrected chi connectivity index (χ2v) is 4.81. The van der Waals surface area contributed by atoms with Crippen molar-refractivity contribution in [1.82, 2.24) is 5.32 Å². The molecule has 3 nitrogen and oxygen atoms in total. The van der Waals surface area contributed by atoms with Gasteiger partial charge in [0.2, 0.25) is 5.91 Å². The lowest BCUT2D eigenvalue weighted by molar-refractivity contribution is -0.123. The van der Waals surface area contributed by atoms with E-state index >= 15 is 0 Å². The van der Waals surface area contributed by atoms with Crippen LogP contribution in [0.1, 0.15) is 46.5 Å². The Hall–Kier alpha value is -0.570. The zero-order chi connectivity index (χ0) is 11.4. The number of carbonyl (C=O) groups is 1. The molecule has 0 aliphatic heterocycles. The molecule has 4 atom stereocenters. The van der Waals surface area contributed by atoms with Crippen molar-refractivity contribution < 1.29 is 4.79 Å². The van der Waals surface area contributed by atoms with Gasteiger partial charge in [0, 0.05) is 6.04 Å². The molecule has 1 saturated carbocycles. The number of carbonyl (C=O) groups excluding carboxylic acids is 1. The number of hydrogen-bond donors (Lipinski definition) is 2. The Bertz CT molecular complexity index is 218. The molecule has 3 N–H and O–H groups in total. The zero-order valence-corrected chi connectivity index (χ0v) is 10.1. The van der Waals surface area contributed by atoms with Crippen LogP contribution in [0.5, 0.6) is 0 Å². The molecule has 0 aromatic carbocycles. The maximum atomic E-state index is 11.7. The highest BCUT2D eigenvalue weighted by atomic mass is 16.2. The van der Waals surface area contributed by atoms with Gasteiger partial charge in [0.15, 0.2) is 0 Å². The van der Waals surface area contributed by atoms with E-state index in [1.54, 1.807) is 0 Å². The second-order valence-electron chi connectivity index (χ2n) is 4.81. The van der Waals surface area contributed by atoms with Crippen molar-refractivity contribution in [3.05, 3.63) is 0 Å². The second kappa shape index (κ2) is 5.50. The first-order chi connectivity index (χ1) is 7.10. The van der Waals surface area contributed by atoms with Crippen LogP contribution in [-0.4, -0.2) is 18.0 Å². The lowest BCUT2D eigenvalue weighted by Crippen LogP contribution is -2.45. The summed E-state index contributed by atoms with van der Waals surface area (Å²) >= 11 is 0. The van der Waals surface area contributed by atoms with E-state index in [4.69, 9.17) is 5.73 Å². The molecular formula is C12H24N2O. The maximum Gasteiger partial charge on any atom is 0.237 e. The fourth-order valence-corrected chi connectivity index (χ4v) is 1.91. The zero-order valence-electron chi connectivity index (χ0n) is 10.1. The predicted molar refractivity (Wildman–Crippen MR) is 62.4 cm³/mol. The lowest BCUT2D eigenvalue weighted by atomic mass is 9.99. The smallest absolute Gasteiger partial charge is 0.237 e. The van der Waals surface area contributed by atoms with Crippen LogP contribution < -0.4 is 11.1 Å². The van der Waals surface area contributed by atoms with Crippen molar-refractivity contribution in [1.29, 1.82) is 0 Å². The summed E-state index contributed by atoms with van der Waals surface area (Å²) in [7, 11) is 0. The van der Waals surface area contributed by atoms with Crippen LogP contribution >= 0.6 is 0 Å². The van der Waals surface area contributed by atoms with E-state index in [1.807, 2.05) is 6.92 Å². The lowest BCUT2D eigenvalue weighted by Gasteiger charge is -2.17. The van der Waals surface area contributed by atoms with E-state index in [0.29, 0.717) is 12.0 Å². The maximum absolute atomic E-state index is 11.7. The molecule has 1 rings (SSSR count). The standard InChI is InChI=1S/C12H24N2O/c1-4-6-9-7-10(9)14-12(15)11(13)8(3)5-2/h8-11H,4-7,13H2,1-3H3,(H,14,15). The fraction of sp³-hybridized carbons (Fsp3) is 0.917. The Morgan fingerprint density at radius 2 is 2.20 bits per heavy atom. The van der Waals surface area contributed by atoms with E-state index in [2.05, 4.69) is 19.2 Å². The van der Waals surface area contributed by atoms with E-state index in [9.17, 15) is 4.79 Å². The van der Waals surface area contributed by atoms with Gasteiger partial charge in [-0.3, -0.25) is 4.79 Å². The molecule has 0 heterocycles. The molecule has 1 fully saturated rings. The van der Waals surface area contributed by atoms with Crippen molar-refractivity contribution in [3.63, 3.8) is 0 Å². The monoisotopic (exact) mass is 212 g/mol.